The van der Waals surface area contributed by atoms with Crippen LogP contribution in [0.1, 0.15) is 5.56 Å². The van der Waals surface area contributed by atoms with Crippen LogP contribution in [-0.4, -0.2) is 11.6 Å². The Balaban J connectivity index is 2.55. The molecule has 0 fully saturated rings. The number of hydrogen-bond donors (Lipinski definition) is 3. The van der Waals surface area contributed by atoms with E-state index in [9.17, 15) is 9.18 Å². The zero-order valence-electron chi connectivity index (χ0n) is 7.04. The van der Waals surface area contributed by atoms with Gasteiger partial charge in [0.2, 0.25) is 0 Å². The summed E-state index contributed by atoms with van der Waals surface area (Å²) in [5, 5.41) is 6.08. The number of anilines is 1. The Kier molecular flexibility index (Phi) is 1.90. The summed E-state index contributed by atoms with van der Waals surface area (Å²) < 4.78 is 12.9. The Morgan fingerprint density at radius 2 is 2.29 bits per heavy atom. The van der Waals surface area contributed by atoms with Gasteiger partial charge in [0.15, 0.2) is 5.71 Å². The number of nitrogens with one attached hydrogen (secondary N) is 2. The molecule has 1 aliphatic heterocycles. The number of rotatable bonds is 1. The molecule has 0 spiro atoms. The molecule has 1 aromatic carbocycles. The molecule has 2 rings (SSSR count). The SMILES string of the molecule is NN/N=C1\C(=O)Nc2ccc(F)cc21. The van der Waals surface area contributed by atoms with E-state index in [1.165, 1.54) is 18.2 Å². The van der Waals surface area contributed by atoms with Crippen LogP contribution in [0.3, 0.4) is 0 Å². The summed E-state index contributed by atoms with van der Waals surface area (Å²) in [5.41, 5.74) is 3.03. The molecule has 0 saturated carbocycles. The van der Waals surface area contributed by atoms with Crippen LogP contribution in [0, 0.1) is 5.82 Å². The fourth-order valence-electron chi connectivity index (χ4n) is 1.30. The molecule has 0 aromatic heterocycles. The minimum absolute atomic E-state index is 0.0852. The lowest BCUT2D eigenvalue weighted by atomic mass is 10.1. The summed E-state index contributed by atoms with van der Waals surface area (Å²) in [6.07, 6.45) is 0. The monoisotopic (exact) mass is 194 g/mol. The number of nitrogens with zero attached hydrogens (tertiary/aromatic N) is 1. The van der Waals surface area contributed by atoms with E-state index in [1.807, 2.05) is 5.53 Å². The standard InChI is InChI=1S/C8H7FN4O/c9-4-1-2-6-5(3-4)7(12-13-10)8(14)11-6/h1-3,13H,10H2,(H,11,12,14). The van der Waals surface area contributed by atoms with Crippen LogP contribution in [-0.2, 0) is 4.79 Å². The lowest BCUT2D eigenvalue weighted by Gasteiger charge is -1.96. The molecular weight excluding hydrogens is 187 g/mol. The van der Waals surface area contributed by atoms with Crippen molar-refractivity contribution in [3.63, 3.8) is 0 Å². The molecule has 0 unspecified atom stereocenters. The van der Waals surface area contributed by atoms with Crippen molar-refractivity contribution in [3.05, 3.63) is 29.6 Å². The van der Waals surface area contributed by atoms with E-state index < -0.39 is 11.7 Å². The summed E-state index contributed by atoms with van der Waals surface area (Å²) in [4.78, 5) is 11.3. The molecule has 1 aromatic rings. The molecule has 1 aliphatic rings. The van der Waals surface area contributed by atoms with Gasteiger partial charge in [-0.15, -0.1) is 0 Å². The van der Waals surface area contributed by atoms with Gasteiger partial charge in [-0.05, 0) is 18.2 Å². The largest absolute Gasteiger partial charge is 0.320 e. The van der Waals surface area contributed by atoms with Gasteiger partial charge >= 0.3 is 0 Å². The number of benzene rings is 1. The molecule has 0 aliphatic carbocycles. The zero-order chi connectivity index (χ0) is 10.1. The summed E-state index contributed by atoms with van der Waals surface area (Å²) in [7, 11) is 0. The maximum absolute atomic E-state index is 12.9. The van der Waals surface area contributed by atoms with Crippen molar-refractivity contribution in [2.75, 3.05) is 5.32 Å². The van der Waals surface area contributed by atoms with Crippen molar-refractivity contribution in [1.29, 1.82) is 0 Å². The first kappa shape index (κ1) is 8.64. The highest BCUT2D eigenvalue weighted by molar-refractivity contribution is 6.53. The van der Waals surface area contributed by atoms with Crippen LogP contribution in [0.15, 0.2) is 23.3 Å². The van der Waals surface area contributed by atoms with Crippen LogP contribution >= 0.6 is 0 Å². The highest BCUT2D eigenvalue weighted by Gasteiger charge is 2.26. The molecule has 0 atom stereocenters. The van der Waals surface area contributed by atoms with Crippen LogP contribution in [0.25, 0.3) is 0 Å². The highest BCUT2D eigenvalue weighted by Crippen LogP contribution is 2.23. The fourth-order valence-corrected chi connectivity index (χ4v) is 1.30. The van der Waals surface area contributed by atoms with Crippen molar-refractivity contribution in [1.82, 2.24) is 5.53 Å². The summed E-state index contributed by atoms with van der Waals surface area (Å²) in [6, 6.07) is 3.96. The van der Waals surface area contributed by atoms with E-state index in [4.69, 9.17) is 5.84 Å². The third-order valence-corrected chi connectivity index (χ3v) is 1.88. The number of amides is 1. The molecule has 1 heterocycles. The Bertz CT molecular complexity index is 429. The number of hydrogen-bond acceptors (Lipinski definition) is 4. The number of nitrogens with two attached hydrogens (primary N) is 1. The van der Waals surface area contributed by atoms with Crippen LogP contribution in [0.2, 0.25) is 0 Å². The second kappa shape index (κ2) is 3.08. The second-order valence-corrected chi connectivity index (χ2v) is 2.73. The molecule has 5 nitrogen and oxygen atoms in total. The Hall–Kier alpha value is -1.95. The Morgan fingerprint density at radius 1 is 1.50 bits per heavy atom. The van der Waals surface area contributed by atoms with Crippen LogP contribution < -0.4 is 16.7 Å². The molecule has 0 bridgehead atoms. The lowest BCUT2D eigenvalue weighted by molar-refractivity contribution is -0.110. The van der Waals surface area contributed by atoms with E-state index in [0.29, 0.717) is 11.3 Å². The van der Waals surface area contributed by atoms with Crippen molar-refractivity contribution in [3.8, 4) is 0 Å². The molecule has 14 heavy (non-hydrogen) atoms. The maximum Gasteiger partial charge on any atom is 0.276 e. The van der Waals surface area contributed by atoms with Gasteiger partial charge in [0.1, 0.15) is 5.82 Å². The predicted octanol–water partition coefficient (Wildman–Crippen LogP) is -0.0548. The van der Waals surface area contributed by atoms with Gasteiger partial charge in [-0.1, -0.05) is 0 Å². The molecule has 4 N–H and O–H groups in total. The summed E-state index contributed by atoms with van der Waals surface area (Å²) in [5.74, 6) is 4.13. The van der Waals surface area contributed by atoms with Gasteiger partial charge in [0, 0.05) is 5.56 Å². The first-order valence-corrected chi connectivity index (χ1v) is 3.87. The van der Waals surface area contributed by atoms with Crippen molar-refractivity contribution < 1.29 is 9.18 Å². The Labute approximate surface area is 78.8 Å². The number of hydrazine groups is 1. The first-order chi connectivity index (χ1) is 6.72. The van der Waals surface area contributed by atoms with Gasteiger partial charge in [-0.3, -0.25) is 4.79 Å². The Morgan fingerprint density at radius 3 is 3.00 bits per heavy atom. The fraction of sp³-hybridized carbons (Fsp3) is 0. The van der Waals surface area contributed by atoms with Crippen LogP contribution in [0.4, 0.5) is 10.1 Å². The number of carbonyl (C=O) groups excluding carboxylic acids is 1. The van der Waals surface area contributed by atoms with Crippen molar-refractivity contribution in [2.45, 2.75) is 0 Å². The molecule has 0 saturated heterocycles. The molecule has 0 radical (unpaired) electrons. The van der Waals surface area contributed by atoms with Gasteiger partial charge in [-0.2, -0.15) is 5.10 Å². The van der Waals surface area contributed by atoms with Crippen molar-refractivity contribution >= 4 is 17.3 Å². The average molecular weight is 194 g/mol. The smallest absolute Gasteiger partial charge is 0.276 e. The van der Waals surface area contributed by atoms with Crippen LogP contribution in [0.5, 0.6) is 0 Å². The van der Waals surface area contributed by atoms with Gasteiger partial charge in [-0.25, -0.2) is 15.8 Å². The van der Waals surface area contributed by atoms with Crippen molar-refractivity contribution in [2.24, 2.45) is 10.9 Å². The average Bonchev–Trinajstić information content (AvgIpc) is 2.45. The molecule has 1 amide bonds. The predicted molar refractivity (Wildman–Crippen MR) is 48.9 cm³/mol. The van der Waals surface area contributed by atoms with Gasteiger partial charge in [0.05, 0.1) is 5.69 Å². The number of halogens is 1. The second-order valence-electron chi connectivity index (χ2n) is 2.73. The van der Waals surface area contributed by atoms with E-state index in [2.05, 4.69) is 10.4 Å². The third kappa shape index (κ3) is 1.21. The number of carbonyl (C=O) groups is 1. The van der Waals surface area contributed by atoms with E-state index >= 15 is 0 Å². The zero-order valence-corrected chi connectivity index (χ0v) is 7.04. The quantitative estimate of drug-likeness (QED) is 0.433. The number of hydrazone groups is 1. The molecule has 72 valence electrons. The number of fused-ring (bicyclic) bond motifs is 1. The molecule has 6 heteroatoms. The van der Waals surface area contributed by atoms with E-state index in [-0.39, 0.29) is 5.71 Å². The van der Waals surface area contributed by atoms with E-state index in [0.717, 1.165) is 0 Å². The van der Waals surface area contributed by atoms with E-state index in [1.54, 1.807) is 0 Å². The topological polar surface area (TPSA) is 79.5 Å². The summed E-state index contributed by atoms with van der Waals surface area (Å²) >= 11 is 0. The normalized spacial score (nSPS) is 16.7. The first-order valence-electron chi connectivity index (χ1n) is 3.87. The third-order valence-electron chi connectivity index (χ3n) is 1.88. The highest BCUT2D eigenvalue weighted by atomic mass is 19.1. The van der Waals surface area contributed by atoms with Gasteiger partial charge < -0.3 is 5.32 Å². The maximum atomic E-state index is 12.9. The minimum Gasteiger partial charge on any atom is -0.320 e. The molecular formula is C8H7FN4O. The van der Waals surface area contributed by atoms with Gasteiger partial charge in [0.25, 0.3) is 5.91 Å². The summed E-state index contributed by atoms with van der Waals surface area (Å²) in [6.45, 7) is 0. The minimum atomic E-state index is -0.426. The lowest BCUT2D eigenvalue weighted by Crippen LogP contribution is -2.22.